The third-order valence-corrected chi connectivity index (χ3v) is 1.14. The van der Waals surface area contributed by atoms with Crippen LogP contribution in [0.15, 0.2) is 18.3 Å². The van der Waals surface area contributed by atoms with E-state index in [9.17, 15) is 0 Å². The molecule has 0 bridgehead atoms. The first kappa shape index (κ1) is 6.88. The Labute approximate surface area is 67.1 Å². The molecule has 48 valence electrons. The summed E-state index contributed by atoms with van der Waals surface area (Å²) in [4.78, 5) is 0. The Morgan fingerprint density at radius 1 is 1.67 bits per heavy atom. The summed E-state index contributed by atoms with van der Waals surface area (Å²) in [6.45, 7) is 0.522. The van der Waals surface area contributed by atoms with E-state index in [2.05, 4.69) is 10.2 Å². The Balaban J connectivity index is 2.61. The van der Waals surface area contributed by atoms with E-state index in [0.717, 1.165) is 5.69 Å². The van der Waals surface area contributed by atoms with Crippen molar-refractivity contribution in [3.05, 3.63) is 24.0 Å². The van der Waals surface area contributed by atoms with Crippen LogP contribution in [0.3, 0.4) is 0 Å². The zero-order valence-corrected chi connectivity index (χ0v) is 6.78. The van der Waals surface area contributed by atoms with Crippen molar-refractivity contribution in [2.24, 2.45) is 0 Å². The van der Waals surface area contributed by atoms with Crippen molar-refractivity contribution in [1.82, 2.24) is 10.2 Å². The molecule has 0 fully saturated rings. The maximum atomic E-state index is 4.80. The minimum Gasteiger partial charge on any atom is -0.309 e. The van der Waals surface area contributed by atoms with E-state index in [-0.39, 0.29) is 0 Å². The second kappa shape index (κ2) is 3.73. The van der Waals surface area contributed by atoms with Gasteiger partial charge in [0.05, 0.1) is 5.69 Å². The van der Waals surface area contributed by atoms with Gasteiger partial charge in [0.2, 0.25) is 0 Å². The molecule has 0 saturated carbocycles. The van der Waals surface area contributed by atoms with Gasteiger partial charge in [0.15, 0.2) is 0 Å². The van der Waals surface area contributed by atoms with Crippen molar-refractivity contribution in [3.8, 4) is 0 Å². The maximum Gasteiger partial charge on any atom is 0.110 e. The van der Waals surface area contributed by atoms with Crippen LogP contribution in [0.25, 0.3) is 0 Å². The average molecular weight is 236 g/mol. The second-order valence-corrected chi connectivity index (χ2v) is 2.09. The van der Waals surface area contributed by atoms with Crippen LogP contribution in [-0.2, 0) is 9.67 Å². The molecule has 1 aromatic rings. The van der Waals surface area contributed by atoms with Gasteiger partial charge in [-0.05, 0) is 12.1 Å². The van der Waals surface area contributed by atoms with Gasteiger partial charge in [0.25, 0.3) is 0 Å². The zero-order valence-electron chi connectivity index (χ0n) is 4.62. The van der Waals surface area contributed by atoms with Crippen molar-refractivity contribution in [2.75, 3.05) is 0 Å². The molecule has 0 radical (unpaired) electrons. The Bertz CT molecular complexity index is 168. The Kier molecular flexibility index (Phi) is 2.85. The van der Waals surface area contributed by atoms with Crippen LogP contribution in [0, 0.1) is 0 Å². The Hall–Kier alpha value is -0.230. The van der Waals surface area contributed by atoms with E-state index in [1.807, 2.05) is 35.1 Å². The number of hydrogen-bond donors (Lipinski definition) is 0. The van der Waals surface area contributed by atoms with Crippen molar-refractivity contribution < 1.29 is 3.07 Å². The molecule has 1 rings (SSSR count). The topological polar surface area (TPSA) is 35.0 Å². The first-order chi connectivity index (χ1) is 4.43. The third-order valence-electron chi connectivity index (χ3n) is 0.830. The van der Waals surface area contributed by atoms with Gasteiger partial charge in [0.1, 0.15) is 29.6 Å². The molecular weight excluding hydrogens is 231 g/mol. The predicted molar refractivity (Wildman–Crippen MR) is 40.8 cm³/mol. The fourth-order valence-corrected chi connectivity index (χ4v) is 0.785. The lowest BCUT2D eigenvalue weighted by Crippen LogP contribution is -1.89. The predicted octanol–water partition coefficient (Wildman–Crippen LogP) is 1.34. The van der Waals surface area contributed by atoms with Gasteiger partial charge in [-0.2, -0.15) is 10.2 Å². The monoisotopic (exact) mass is 236 g/mol. The molecule has 0 unspecified atom stereocenters. The van der Waals surface area contributed by atoms with Gasteiger partial charge in [-0.25, -0.2) is 0 Å². The first-order valence-corrected chi connectivity index (χ1v) is 3.31. The summed E-state index contributed by atoms with van der Waals surface area (Å²) in [7, 11) is 0. The van der Waals surface area contributed by atoms with Gasteiger partial charge in [-0.3, -0.25) is 0 Å². The molecule has 0 saturated heterocycles. The second-order valence-electron chi connectivity index (χ2n) is 1.47. The first-order valence-electron chi connectivity index (χ1n) is 2.43. The lowest BCUT2D eigenvalue weighted by molar-refractivity contribution is 0.408. The van der Waals surface area contributed by atoms with Crippen molar-refractivity contribution in [1.29, 1.82) is 0 Å². The van der Waals surface area contributed by atoms with E-state index in [1.54, 1.807) is 6.20 Å². The van der Waals surface area contributed by atoms with E-state index in [4.69, 9.17) is 3.07 Å². The summed E-state index contributed by atoms with van der Waals surface area (Å²) in [5, 5.41) is 7.46. The molecule has 0 aliphatic heterocycles. The summed E-state index contributed by atoms with van der Waals surface area (Å²) >= 11 is 1.82. The summed E-state index contributed by atoms with van der Waals surface area (Å²) < 4.78 is 4.80. The number of nitrogens with zero attached hydrogens (tertiary/aromatic N) is 2. The molecule has 1 aromatic heterocycles. The van der Waals surface area contributed by atoms with E-state index in [1.165, 1.54) is 0 Å². The highest BCUT2D eigenvalue weighted by atomic mass is 127. The van der Waals surface area contributed by atoms with E-state index < -0.39 is 0 Å². The molecule has 1 heterocycles. The van der Waals surface area contributed by atoms with E-state index >= 15 is 0 Å². The minimum absolute atomic E-state index is 0.522. The lowest BCUT2D eigenvalue weighted by Gasteiger charge is -1.91. The Morgan fingerprint density at radius 2 is 2.56 bits per heavy atom. The smallest absolute Gasteiger partial charge is 0.110 e. The molecule has 0 N–H and O–H groups in total. The van der Waals surface area contributed by atoms with E-state index in [0.29, 0.717) is 6.61 Å². The van der Waals surface area contributed by atoms with Crippen molar-refractivity contribution in [3.63, 3.8) is 0 Å². The summed E-state index contributed by atoms with van der Waals surface area (Å²) in [5.74, 6) is 0. The van der Waals surface area contributed by atoms with Crippen LogP contribution in [0.2, 0.25) is 0 Å². The highest BCUT2D eigenvalue weighted by molar-refractivity contribution is 14.1. The van der Waals surface area contributed by atoms with Crippen molar-refractivity contribution in [2.45, 2.75) is 6.61 Å². The number of rotatable bonds is 2. The SMILES string of the molecule is IOCc1cccnn1. The normalized spacial score (nSPS) is 9.44. The fourth-order valence-electron chi connectivity index (χ4n) is 0.466. The van der Waals surface area contributed by atoms with Gasteiger partial charge >= 0.3 is 0 Å². The molecule has 0 aromatic carbocycles. The van der Waals surface area contributed by atoms with Crippen LogP contribution in [0.4, 0.5) is 0 Å². The fraction of sp³-hybridized carbons (Fsp3) is 0.200. The van der Waals surface area contributed by atoms with Crippen LogP contribution in [0.5, 0.6) is 0 Å². The largest absolute Gasteiger partial charge is 0.309 e. The average Bonchev–Trinajstić information content (AvgIpc) is 1.91. The summed E-state index contributed by atoms with van der Waals surface area (Å²) in [5.41, 5.74) is 0.854. The molecule has 4 heteroatoms. The van der Waals surface area contributed by atoms with Crippen LogP contribution in [-0.4, -0.2) is 10.2 Å². The number of halogens is 1. The number of hydrogen-bond acceptors (Lipinski definition) is 3. The van der Waals surface area contributed by atoms with Gasteiger partial charge in [-0.15, -0.1) is 0 Å². The zero-order chi connectivity index (χ0) is 6.53. The van der Waals surface area contributed by atoms with Gasteiger partial charge in [-0.1, -0.05) is 0 Å². The molecule has 3 nitrogen and oxygen atoms in total. The molecule has 0 amide bonds. The maximum absolute atomic E-state index is 4.80. The Morgan fingerprint density at radius 3 is 3.11 bits per heavy atom. The van der Waals surface area contributed by atoms with Gasteiger partial charge in [0, 0.05) is 6.20 Å². The summed E-state index contributed by atoms with van der Waals surface area (Å²) in [6, 6.07) is 3.70. The lowest BCUT2D eigenvalue weighted by atomic mass is 10.4. The third kappa shape index (κ3) is 2.23. The number of aromatic nitrogens is 2. The summed E-state index contributed by atoms with van der Waals surface area (Å²) in [6.07, 6.45) is 1.64. The quantitative estimate of drug-likeness (QED) is 0.727. The van der Waals surface area contributed by atoms with Crippen LogP contribution < -0.4 is 0 Å². The van der Waals surface area contributed by atoms with Crippen LogP contribution >= 0.6 is 23.0 Å². The highest BCUT2D eigenvalue weighted by Gasteiger charge is 1.88. The van der Waals surface area contributed by atoms with Crippen LogP contribution in [0.1, 0.15) is 5.69 Å². The molecule has 0 aliphatic carbocycles. The standard InChI is InChI=1S/C5H5IN2O/c6-9-4-5-2-1-3-7-8-5/h1-3H,4H2. The highest BCUT2D eigenvalue weighted by Crippen LogP contribution is 1.96. The molecule has 9 heavy (non-hydrogen) atoms. The molecular formula is C5H5IN2O. The molecule has 0 spiro atoms. The van der Waals surface area contributed by atoms with Gasteiger partial charge < -0.3 is 3.07 Å². The van der Waals surface area contributed by atoms with Crippen molar-refractivity contribution >= 4 is 23.0 Å². The molecule has 0 aliphatic rings. The molecule has 0 atom stereocenters. The minimum atomic E-state index is 0.522.